The first-order chi connectivity index (χ1) is 8.20. The Labute approximate surface area is 102 Å². The molecule has 96 valence electrons. The van der Waals surface area contributed by atoms with Gasteiger partial charge in [-0.05, 0) is 19.8 Å². The molecular weight excluding hydrogens is 218 g/mol. The second-order valence-electron chi connectivity index (χ2n) is 4.84. The van der Waals surface area contributed by atoms with E-state index in [0.29, 0.717) is 13.1 Å². The SMILES string of the molecule is CC1C(=O)NCCN1C(=O)N1CCCCCC1. The van der Waals surface area contributed by atoms with Gasteiger partial charge in [-0.15, -0.1) is 0 Å². The molecule has 0 saturated carbocycles. The van der Waals surface area contributed by atoms with Gasteiger partial charge in [-0.25, -0.2) is 4.79 Å². The maximum atomic E-state index is 12.3. The van der Waals surface area contributed by atoms with Crippen molar-refractivity contribution in [2.24, 2.45) is 0 Å². The summed E-state index contributed by atoms with van der Waals surface area (Å²) in [6.07, 6.45) is 4.58. The molecule has 1 unspecified atom stereocenters. The van der Waals surface area contributed by atoms with Gasteiger partial charge in [0, 0.05) is 26.2 Å². The summed E-state index contributed by atoms with van der Waals surface area (Å²) in [4.78, 5) is 27.5. The Morgan fingerprint density at radius 3 is 2.47 bits per heavy atom. The number of piperazine rings is 1. The number of rotatable bonds is 0. The van der Waals surface area contributed by atoms with Crippen LogP contribution in [-0.4, -0.2) is 54.0 Å². The number of hydrogen-bond donors (Lipinski definition) is 1. The van der Waals surface area contributed by atoms with Crippen molar-refractivity contribution >= 4 is 11.9 Å². The maximum Gasteiger partial charge on any atom is 0.320 e. The molecule has 5 heteroatoms. The van der Waals surface area contributed by atoms with Crippen molar-refractivity contribution in [1.82, 2.24) is 15.1 Å². The monoisotopic (exact) mass is 239 g/mol. The molecule has 0 bridgehead atoms. The number of urea groups is 1. The van der Waals surface area contributed by atoms with E-state index in [1.807, 2.05) is 4.90 Å². The summed E-state index contributed by atoms with van der Waals surface area (Å²) < 4.78 is 0. The average Bonchev–Trinajstić information content (AvgIpc) is 2.60. The van der Waals surface area contributed by atoms with Gasteiger partial charge in [-0.2, -0.15) is 0 Å². The third kappa shape index (κ3) is 2.70. The molecule has 0 aromatic carbocycles. The minimum atomic E-state index is -0.334. The molecule has 17 heavy (non-hydrogen) atoms. The zero-order valence-corrected chi connectivity index (χ0v) is 10.4. The molecule has 1 atom stereocenters. The number of nitrogens with zero attached hydrogens (tertiary/aromatic N) is 2. The minimum Gasteiger partial charge on any atom is -0.353 e. The smallest absolute Gasteiger partial charge is 0.320 e. The highest BCUT2D eigenvalue weighted by atomic mass is 16.2. The van der Waals surface area contributed by atoms with Crippen LogP contribution < -0.4 is 5.32 Å². The lowest BCUT2D eigenvalue weighted by atomic mass is 10.2. The van der Waals surface area contributed by atoms with Crippen molar-refractivity contribution in [2.45, 2.75) is 38.6 Å². The highest BCUT2D eigenvalue weighted by molar-refractivity contribution is 5.87. The average molecular weight is 239 g/mol. The summed E-state index contributed by atoms with van der Waals surface area (Å²) >= 11 is 0. The van der Waals surface area contributed by atoms with E-state index in [0.717, 1.165) is 25.9 Å². The van der Waals surface area contributed by atoms with E-state index in [4.69, 9.17) is 0 Å². The molecule has 2 fully saturated rings. The number of likely N-dealkylation sites (tertiary alicyclic amines) is 1. The molecule has 0 aromatic rings. The zero-order valence-electron chi connectivity index (χ0n) is 10.4. The number of carbonyl (C=O) groups is 2. The number of amides is 3. The lowest BCUT2D eigenvalue weighted by Crippen LogP contribution is -2.58. The largest absolute Gasteiger partial charge is 0.353 e. The first-order valence-corrected chi connectivity index (χ1v) is 6.53. The summed E-state index contributed by atoms with van der Waals surface area (Å²) in [6.45, 7) is 4.67. The van der Waals surface area contributed by atoms with E-state index in [1.54, 1.807) is 11.8 Å². The van der Waals surface area contributed by atoms with Crippen molar-refractivity contribution < 1.29 is 9.59 Å². The van der Waals surface area contributed by atoms with Crippen LogP contribution in [0.1, 0.15) is 32.6 Å². The van der Waals surface area contributed by atoms with Gasteiger partial charge in [0.25, 0.3) is 0 Å². The van der Waals surface area contributed by atoms with Crippen LogP contribution in [0.4, 0.5) is 4.79 Å². The van der Waals surface area contributed by atoms with Crippen LogP contribution >= 0.6 is 0 Å². The summed E-state index contributed by atoms with van der Waals surface area (Å²) in [6, 6.07) is -0.297. The Balaban J connectivity index is 1.99. The highest BCUT2D eigenvalue weighted by Crippen LogP contribution is 2.14. The second kappa shape index (κ2) is 5.38. The van der Waals surface area contributed by atoms with Crippen molar-refractivity contribution in [3.8, 4) is 0 Å². The van der Waals surface area contributed by atoms with E-state index >= 15 is 0 Å². The molecule has 2 saturated heterocycles. The van der Waals surface area contributed by atoms with Crippen LogP contribution in [0.25, 0.3) is 0 Å². The molecule has 5 nitrogen and oxygen atoms in total. The van der Waals surface area contributed by atoms with Crippen LogP contribution in [0.15, 0.2) is 0 Å². The van der Waals surface area contributed by atoms with Crippen LogP contribution in [0.3, 0.4) is 0 Å². The third-order valence-electron chi connectivity index (χ3n) is 3.62. The molecule has 2 aliphatic rings. The molecule has 3 amide bonds. The fraction of sp³-hybridized carbons (Fsp3) is 0.833. The van der Waals surface area contributed by atoms with Gasteiger partial charge >= 0.3 is 6.03 Å². The molecule has 0 radical (unpaired) electrons. The van der Waals surface area contributed by atoms with Gasteiger partial charge in [0.05, 0.1) is 0 Å². The van der Waals surface area contributed by atoms with Crippen LogP contribution in [0.5, 0.6) is 0 Å². The second-order valence-corrected chi connectivity index (χ2v) is 4.84. The predicted octanol–water partition coefficient (Wildman–Crippen LogP) is 0.803. The highest BCUT2D eigenvalue weighted by Gasteiger charge is 2.32. The van der Waals surface area contributed by atoms with Gasteiger partial charge < -0.3 is 15.1 Å². The van der Waals surface area contributed by atoms with E-state index in [9.17, 15) is 9.59 Å². The number of carbonyl (C=O) groups excluding carboxylic acids is 2. The van der Waals surface area contributed by atoms with E-state index < -0.39 is 0 Å². The number of nitrogens with one attached hydrogen (secondary N) is 1. The van der Waals surface area contributed by atoms with Gasteiger partial charge in [0.2, 0.25) is 5.91 Å². The van der Waals surface area contributed by atoms with E-state index in [-0.39, 0.29) is 18.0 Å². The Bertz CT molecular complexity index is 298. The fourth-order valence-electron chi connectivity index (χ4n) is 2.49. The lowest BCUT2D eigenvalue weighted by Gasteiger charge is -2.36. The Morgan fingerprint density at radius 1 is 1.18 bits per heavy atom. The van der Waals surface area contributed by atoms with Gasteiger partial charge in [-0.3, -0.25) is 4.79 Å². The summed E-state index contributed by atoms with van der Waals surface area (Å²) in [5, 5.41) is 2.78. The molecule has 2 rings (SSSR count). The van der Waals surface area contributed by atoms with Gasteiger partial charge in [0.15, 0.2) is 0 Å². The van der Waals surface area contributed by atoms with Crippen molar-refractivity contribution in [3.63, 3.8) is 0 Å². The van der Waals surface area contributed by atoms with Crippen LogP contribution in [-0.2, 0) is 4.79 Å². The van der Waals surface area contributed by atoms with Crippen molar-refractivity contribution in [1.29, 1.82) is 0 Å². The predicted molar refractivity (Wildman–Crippen MR) is 64.6 cm³/mol. The third-order valence-corrected chi connectivity index (χ3v) is 3.62. The fourth-order valence-corrected chi connectivity index (χ4v) is 2.49. The van der Waals surface area contributed by atoms with Crippen LogP contribution in [0, 0.1) is 0 Å². The van der Waals surface area contributed by atoms with Crippen molar-refractivity contribution in [2.75, 3.05) is 26.2 Å². The summed E-state index contributed by atoms with van der Waals surface area (Å²) in [5.74, 6) is -0.0422. The number of hydrogen-bond acceptors (Lipinski definition) is 2. The molecule has 2 heterocycles. The summed E-state index contributed by atoms with van der Waals surface area (Å²) in [7, 11) is 0. The molecule has 2 aliphatic heterocycles. The first kappa shape index (κ1) is 12.2. The van der Waals surface area contributed by atoms with Gasteiger partial charge in [0.1, 0.15) is 6.04 Å². The normalized spacial score (nSPS) is 26.4. The van der Waals surface area contributed by atoms with E-state index in [2.05, 4.69) is 5.32 Å². The topological polar surface area (TPSA) is 52.7 Å². The first-order valence-electron chi connectivity index (χ1n) is 6.53. The standard InChI is InChI=1S/C12H21N3O2/c1-10-11(16)13-6-9-15(10)12(17)14-7-4-2-3-5-8-14/h10H,2-9H2,1H3,(H,13,16). The van der Waals surface area contributed by atoms with Gasteiger partial charge in [-0.1, -0.05) is 12.8 Å². The molecule has 0 aliphatic carbocycles. The van der Waals surface area contributed by atoms with Crippen LogP contribution in [0.2, 0.25) is 0 Å². The molecule has 1 N–H and O–H groups in total. The Hall–Kier alpha value is -1.26. The Morgan fingerprint density at radius 2 is 1.82 bits per heavy atom. The molecule has 0 aromatic heterocycles. The molecular formula is C12H21N3O2. The lowest BCUT2D eigenvalue weighted by molar-refractivity contribution is -0.127. The zero-order chi connectivity index (χ0) is 12.3. The quantitative estimate of drug-likeness (QED) is 0.680. The van der Waals surface area contributed by atoms with Crippen molar-refractivity contribution in [3.05, 3.63) is 0 Å². The van der Waals surface area contributed by atoms with E-state index in [1.165, 1.54) is 12.8 Å². The molecule has 0 spiro atoms. The summed E-state index contributed by atoms with van der Waals surface area (Å²) in [5.41, 5.74) is 0. The maximum absolute atomic E-state index is 12.3. The Kier molecular flexibility index (Phi) is 3.86. The minimum absolute atomic E-state index is 0.0363.